The Labute approximate surface area is 310 Å². The predicted molar refractivity (Wildman–Crippen MR) is 175 cm³/mol. The summed E-state index contributed by atoms with van der Waals surface area (Å²) in [7, 11) is 0. The highest BCUT2D eigenvalue weighted by Gasteiger charge is 2.62. The third kappa shape index (κ3) is 7.66. The summed E-state index contributed by atoms with van der Waals surface area (Å²) in [5, 5.41) is 130. The molecule has 1 aliphatic heterocycles. The number of rotatable bonds is 10. The number of hydrogen-bond acceptors (Lipinski definition) is 22. The van der Waals surface area contributed by atoms with Crippen LogP contribution >= 0.6 is 0 Å². The van der Waals surface area contributed by atoms with Crippen molar-refractivity contribution in [2.45, 2.75) is 24.1 Å². The van der Waals surface area contributed by atoms with E-state index in [0.717, 1.165) is 0 Å². The first kappa shape index (κ1) is 39.5. The third-order valence-electron chi connectivity index (χ3n) is 8.02. The molecule has 0 bridgehead atoms. The van der Waals surface area contributed by atoms with Gasteiger partial charge in [-0.3, -0.25) is 0 Å². The number of phenols is 12. The Morgan fingerprint density at radius 3 is 1.14 bits per heavy atom. The fourth-order valence-electron chi connectivity index (χ4n) is 5.13. The summed E-state index contributed by atoms with van der Waals surface area (Å²) in [6.07, 6.45) is -6.71. The van der Waals surface area contributed by atoms with Crippen LogP contribution in [0, 0.1) is 0 Å². The van der Waals surface area contributed by atoms with E-state index in [2.05, 4.69) is 0 Å². The molecule has 0 radical (unpaired) electrons. The fraction of sp³-hybridized carbons (Fsp3) is 0.176. The molecule has 1 fully saturated rings. The maximum atomic E-state index is 13.4. The van der Waals surface area contributed by atoms with E-state index in [1.807, 2.05) is 0 Å². The molecule has 22 nitrogen and oxygen atoms in total. The van der Waals surface area contributed by atoms with E-state index >= 15 is 0 Å². The summed E-state index contributed by atoms with van der Waals surface area (Å²) < 4.78 is 26.5. The molecule has 1 heterocycles. The number of hydrogen-bond donors (Lipinski definition) is 13. The molecule has 4 atom stereocenters. The lowest BCUT2D eigenvalue weighted by molar-refractivity contribution is -0.193. The van der Waals surface area contributed by atoms with Gasteiger partial charge in [0.25, 0.3) is 0 Å². The molecule has 0 saturated carbocycles. The Balaban J connectivity index is 1.54. The Morgan fingerprint density at radius 1 is 0.482 bits per heavy atom. The van der Waals surface area contributed by atoms with Crippen LogP contribution in [0.15, 0.2) is 48.5 Å². The number of ether oxygens (including phenoxy) is 5. The van der Waals surface area contributed by atoms with Crippen molar-refractivity contribution in [2.24, 2.45) is 0 Å². The number of esters is 4. The zero-order valence-electron chi connectivity index (χ0n) is 27.8. The lowest BCUT2D eigenvalue weighted by atomic mass is 9.95. The number of carbonyl (C=O) groups excluding carboxylic acids is 4. The van der Waals surface area contributed by atoms with Gasteiger partial charge in [-0.2, -0.15) is 0 Å². The van der Waals surface area contributed by atoms with Crippen molar-refractivity contribution >= 4 is 23.9 Å². The first-order valence-corrected chi connectivity index (χ1v) is 15.4. The van der Waals surface area contributed by atoms with Gasteiger partial charge in [-0.25, -0.2) is 19.2 Å². The summed E-state index contributed by atoms with van der Waals surface area (Å²) in [6, 6.07) is 5.06. The van der Waals surface area contributed by atoms with E-state index in [1.165, 1.54) is 0 Å². The molecular formula is C34H28O22. The summed E-state index contributed by atoms with van der Waals surface area (Å²) in [5.74, 6) is -17.9. The summed E-state index contributed by atoms with van der Waals surface area (Å²) in [6.45, 7) is -2.50. The molecule has 0 amide bonds. The molecule has 1 aliphatic rings. The van der Waals surface area contributed by atoms with Gasteiger partial charge in [0.15, 0.2) is 75.1 Å². The van der Waals surface area contributed by atoms with Crippen LogP contribution in [0.4, 0.5) is 0 Å². The minimum absolute atomic E-state index is 0.570. The molecule has 4 aromatic carbocycles. The topological polar surface area (TPSA) is 377 Å². The first-order valence-electron chi connectivity index (χ1n) is 15.4. The predicted octanol–water partition coefficient (Wildman–Crippen LogP) is 0.706. The highest BCUT2D eigenvalue weighted by Crippen LogP contribution is 2.41. The van der Waals surface area contributed by atoms with Crippen LogP contribution in [0.2, 0.25) is 0 Å². The normalized spacial score (nSPS) is 18.8. The van der Waals surface area contributed by atoms with Crippen molar-refractivity contribution in [3.05, 3.63) is 70.8 Å². The van der Waals surface area contributed by atoms with E-state index in [1.54, 1.807) is 0 Å². The molecule has 0 aliphatic carbocycles. The molecule has 5 rings (SSSR count). The second kappa shape index (κ2) is 15.0. The van der Waals surface area contributed by atoms with E-state index < -0.39 is 152 Å². The molecule has 0 spiro atoms. The van der Waals surface area contributed by atoms with Crippen LogP contribution in [0.25, 0.3) is 0 Å². The molecule has 4 aromatic rings. The Bertz CT molecular complexity index is 2160. The van der Waals surface area contributed by atoms with E-state index in [4.69, 9.17) is 23.7 Å². The average Bonchev–Trinajstić information content (AvgIpc) is 3.39. The van der Waals surface area contributed by atoms with Crippen LogP contribution in [0.3, 0.4) is 0 Å². The summed E-state index contributed by atoms with van der Waals surface area (Å²) in [4.78, 5) is 52.6. The molecule has 22 heteroatoms. The van der Waals surface area contributed by atoms with Crippen molar-refractivity contribution in [3.8, 4) is 69.0 Å². The monoisotopic (exact) mass is 788 g/mol. The number of phenolic OH excluding ortho intramolecular Hbond substituents is 12. The van der Waals surface area contributed by atoms with E-state index in [9.17, 15) is 85.6 Å². The Morgan fingerprint density at radius 2 is 0.786 bits per heavy atom. The summed E-state index contributed by atoms with van der Waals surface area (Å²) in [5.41, 5.74) is -5.71. The summed E-state index contributed by atoms with van der Waals surface area (Å²) >= 11 is 0. The van der Waals surface area contributed by atoms with Gasteiger partial charge in [0, 0.05) is 0 Å². The SMILES string of the molecule is O=C(OC[C@H]1O[C@@H](OC(=O)c2cc(O)c(O)c(O)c2)[C@@](O)(COC(=O)c2cc(O)c(O)c(O)c2)[C@@H]1OC(=O)c1cc(O)c(O)c(O)c1)c1cc(O)c(O)c(O)c1. The molecule has 13 N–H and O–H groups in total. The molecule has 0 aromatic heterocycles. The molecule has 0 unspecified atom stereocenters. The van der Waals surface area contributed by atoms with Crippen LogP contribution < -0.4 is 0 Å². The van der Waals surface area contributed by atoms with E-state index in [0.29, 0.717) is 48.5 Å². The van der Waals surface area contributed by atoms with Crippen molar-refractivity contribution in [2.75, 3.05) is 13.2 Å². The van der Waals surface area contributed by atoms with Gasteiger partial charge in [0.2, 0.25) is 11.9 Å². The second-order valence-corrected chi connectivity index (χ2v) is 11.9. The van der Waals surface area contributed by atoms with Gasteiger partial charge < -0.3 is 90.1 Å². The third-order valence-corrected chi connectivity index (χ3v) is 8.02. The molecule has 1 saturated heterocycles. The molecular weight excluding hydrogens is 760 g/mol. The van der Waals surface area contributed by atoms with Crippen molar-refractivity contribution < 1.29 is 109 Å². The Kier molecular flexibility index (Phi) is 10.5. The van der Waals surface area contributed by atoms with Gasteiger partial charge >= 0.3 is 23.9 Å². The van der Waals surface area contributed by atoms with Crippen LogP contribution in [-0.4, -0.2) is 128 Å². The Hall–Kier alpha value is -7.72. The van der Waals surface area contributed by atoms with Gasteiger partial charge in [-0.1, -0.05) is 0 Å². The fourth-order valence-corrected chi connectivity index (χ4v) is 5.13. The number of aliphatic hydroxyl groups is 1. The zero-order chi connectivity index (χ0) is 41.4. The quantitative estimate of drug-likeness (QED) is 0.0597. The largest absolute Gasteiger partial charge is 0.504 e. The van der Waals surface area contributed by atoms with Crippen molar-refractivity contribution in [1.29, 1.82) is 0 Å². The number of benzene rings is 4. The van der Waals surface area contributed by atoms with Crippen molar-refractivity contribution in [3.63, 3.8) is 0 Å². The highest BCUT2D eigenvalue weighted by molar-refractivity contribution is 5.93. The van der Waals surface area contributed by atoms with Gasteiger partial charge in [-0.15, -0.1) is 0 Å². The smallest absolute Gasteiger partial charge is 0.340 e. The van der Waals surface area contributed by atoms with E-state index in [-0.39, 0.29) is 0 Å². The standard InChI is InChI=1S/C34H28O22/c35-15-1-11(2-16(36)24(15)43)29(47)52-9-23-28(55-31(49)13-5-19(39)26(45)20(40)6-13)34(51,10-53-30(48)12-3-17(37)25(44)18(38)4-12)33(54-23)56-32(50)14-7-21(41)27(46)22(42)8-14/h1-8,23,28,33,35-46,51H,9-10H2/t23-,28-,33+,34-/m1/s1. The second-order valence-electron chi connectivity index (χ2n) is 11.9. The van der Waals surface area contributed by atoms with Crippen LogP contribution in [-0.2, 0) is 23.7 Å². The number of carbonyl (C=O) groups is 4. The van der Waals surface area contributed by atoms with Gasteiger partial charge in [-0.05, 0) is 48.5 Å². The van der Waals surface area contributed by atoms with Crippen LogP contribution in [0.5, 0.6) is 69.0 Å². The maximum Gasteiger partial charge on any atom is 0.340 e. The van der Waals surface area contributed by atoms with Gasteiger partial charge in [0.1, 0.15) is 19.3 Å². The molecule has 296 valence electrons. The minimum atomic E-state index is -3.10. The van der Waals surface area contributed by atoms with Gasteiger partial charge in [0.05, 0.1) is 22.3 Å². The first-order chi connectivity index (χ1) is 26.2. The minimum Gasteiger partial charge on any atom is -0.504 e. The zero-order valence-corrected chi connectivity index (χ0v) is 27.8. The lowest BCUT2D eigenvalue weighted by Gasteiger charge is -2.32. The van der Waals surface area contributed by atoms with Crippen molar-refractivity contribution in [1.82, 2.24) is 0 Å². The number of aromatic hydroxyl groups is 12. The average molecular weight is 789 g/mol. The maximum absolute atomic E-state index is 13.4. The highest BCUT2D eigenvalue weighted by atomic mass is 16.7. The molecule has 56 heavy (non-hydrogen) atoms. The van der Waals surface area contributed by atoms with Crippen LogP contribution in [0.1, 0.15) is 41.4 Å². The lowest BCUT2D eigenvalue weighted by Crippen LogP contribution is -2.55.